The quantitative estimate of drug-likeness (QED) is 0.499. The van der Waals surface area contributed by atoms with E-state index in [9.17, 15) is 0 Å². The fourth-order valence-corrected chi connectivity index (χ4v) is 3.27. The van der Waals surface area contributed by atoms with Crippen LogP contribution in [-0.4, -0.2) is 30.0 Å². The smallest absolute Gasteiger partial charge is 0.127 e. The molecule has 1 heterocycles. The van der Waals surface area contributed by atoms with Crippen LogP contribution in [0.3, 0.4) is 0 Å². The number of fused-ring (bicyclic) bond motifs is 1. The van der Waals surface area contributed by atoms with Crippen molar-refractivity contribution in [1.29, 1.82) is 0 Å². The topological polar surface area (TPSA) is 30.3 Å². The van der Waals surface area contributed by atoms with Crippen LogP contribution in [0, 0.1) is 0 Å². The van der Waals surface area contributed by atoms with E-state index in [2.05, 4.69) is 65.6 Å². The molecule has 4 aromatic rings. The van der Waals surface area contributed by atoms with Gasteiger partial charge in [-0.15, -0.1) is 0 Å². The molecule has 0 aliphatic carbocycles. The molecule has 0 fully saturated rings. The molecule has 0 N–H and O–H groups in total. The summed E-state index contributed by atoms with van der Waals surface area (Å²) >= 11 is 0. The Morgan fingerprint density at radius 2 is 1.74 bits per heavy atom. The zero-order valence-corrected chi connectivity index (χ0v) is 15.7. The highest BCUT2D eigenvalue weighted by molar-refractivity contribution is 5.85. The highest BCUT2D eigenvalue weighted by Gasteiger charge is 2.09. The third-order valence-corrected chi connectivity index (χ3v) is 4.83. The van der Waals surface area contributed by atoms with Gasteiger partial charge in [0.25, 0.3) is 0 Å². The molecule has 0 spiro atoms. The molecule has 1 aromatic heterocycles. The number of likely N-dealkylation sites (N-methyl/N-ethyl adjacent to an activating group) is 1. The molecule has 4 nitrogen and oxygen atoms in total. The first-order valence-corrected chi connectivity index (χ1v) is 9.12. The number of anilines is 1. The summed E-state index contributed by atoms with van der Waals surface area (Å²) in [6.07, 6.45) is 1.90. The number of hydrogen-bond donors (Lipinski definition) is 0. The third kappa shape index (κ3) is 3.65. The molecular weight excluding hydrogens is 334 g/mol. The molecule has 0 amide bonds. The van der Waals surface area contributed by atoms with E-state index in [4.69, 9.17) is 4.74 Å². The predicted molar refractivity (Wildman–Crippen MR) is 111 cm³/mol. The van der Waals surface area contributed by atoms with Gasteiger partial charge < -0.3 is 9.64 Å². The van der Waals surface area contributed by atoms with Gasteiger partial charge in [0, 0.05) is 30.7 Å². The van der Waals surface area contributed by atoms with E-state index in [1.54, 1.807) is 0 Å². The molecule has 136 valence electrons. The van der Waals surface area contributed by atoms with Gasteiger partial charge in [0.2, 0.25) is 0 Å². The zero-order chi connectivity index (χ0) is 18.6. The molecule has 0 atom stereocenters. The van der Waals surface area contributed by atoms with Gasteiger partial charge in [-0.3, -0.25) is 4.68 Å². The van der Waals surface area contributed by atoms with Crippen LogP contribution in [-0.2, 0) is 7.05 Å². The summed E-state index contributed by atoms with van der Waals surface area (Å²) in [7, 11) is 4.04. The zero-order valence-electron chi connectivity index (χ0n) is 15.7. The van der Waals surface area contributed by atoms with Gasteiger partial charge in [-0.25, -0.2) is 0 Å². The Kier molecular flexibility index (Phi) is 4.79. The molecule has 3 aromatic carbocycles. The largest absolute Gasteiger partial charge is 0.491 e. The van der Waals surface area contributed by atoms with Crippen molar-refractivity contribution in [3.63, 3.8) is 0 Å². The minimum absolute atomic E-state index is 0.623. The van der Waals surface area contributed by atoms with Gasteiger partial charge in [0.1, 0.15) is 12.4 Å². The number of rotatable bonds is 6. The average molecular weight is 357 g/mol. The van der Waals surface area contributed by atoms with Crippen LogP contribution >= 0.6 is 0 Å². The number of para-hydroxylation sites is 2. The monoisotopic (exact) mass is 357 g/mol. The molecule has 4 heteroatoms. The van der Waals surface area contributed by atoms with Crippen LogP contribution < -0.4 is 9.64 Å². The fraction of sp³-hybridized carbons (Fsp3) is 0.174. The van der Waals surface area contributed by atoms with Crippen molar-refractivity contribution >= 4 is 16.6 Å². The van der Waals surface area contributed by atoms with E-state index in [0.717, 1.165) is 34.3 Å². The molecule has 27 heavy (non-hydrogen) atoms. The maximum absolute atomic E-state index is 6.14. The summed E-state index contributed by atoms with van der Waals surface area (Å²) in [6, 6.07) is 25.0. The molecule has 0 unspecified atom stereocenters. The van der Waals surface area contributed by atoms with Crippen molar-refractivity contribution in [3.8, 4) is 16.9 Å². The maximum Gasteiger partial charge on any atom is 0.127 e. The Morgan fingerprint density at radius 1 is 0.963 bits per heavy atom. The van der Waals surface area contributed by atoms with E-state index in [1.807, 2.05) is 42.2 Å². The molecule has 0 bridgehead atoms. The van der Waals surface area contributed by atoms with Crippen LogP contribution in [0.15, 0.2) is 79.0 Å². The van der Waals surface area contributed by atoms with Gasteiger partial charge in [0.15, 0.2) is 0 Å². The van der Waals surface area contributed by atoms with Gasteiger partial charge in [-0.2, -0.15) is 5.10 Å². The maximum atomic E-state index is 6.14. The number of nitrogens with zero attached hydrogens (tertiary/aromatic N) is 3. The molecule has 0 radical (unpaired) electrons. The summed E-state index contributed by atoms with van der Waals surface area (Å²) in [5.74, 6) is 0.905. The lowest BCUT2D eigenvalue weighted by Gasteiger charge is -2.20. The number of benzene rings is 3. The van der Waals surface area contributed by atoms with E-state index in [0.29, 0.717) is 6.61 Å². The van der Waals surface area contributed by atoms with E-state index in [-0.39, 0.29) is 0 Å². The fourth-order valence-electron chi connectivity index (χ4n) is 3.27. The molecule has 4 rings (SSSR count). The second-order valence-electron chi connectivity index (χ2n) is 6.64. The second-order valence-corrected chi connectivity index (χ2v) is 6.64. The number of ether oxygens (including phenoxy) is 1. The minimum atomic E-state index is 0.623. The summed E-state index contributed by atoms with van der Waals surface area (Å²) in [5, 5.41) is 5.46. The SMILES string of the molecule is CN(CCOc1ccccc1-c1ccc2c(cnn2C)c1)c1ccccc1. The highest BCUT2D eigenvalue weighted by Crippen LogP contribution is 2.31. The van der Waals surface area contributed by atoms with Gasteiger partial charge in [-0.05, 0) is 35.9 Å². The van der Waals surface area contributed by atoms with Crippen molar-refractivity contribution in [2.75, 3.05) is 25.1 Å². The lowest BCUT2D eigenvalue weighted by molar-refractivity contribution is 0.327. The predicted octanol–water partition coefficient (Wildman–Crippen LogP) is 4.76. The summed E-state index contributed by atoms with van der Waals surface area (Å²) in [4.78, 5) is 2.20. The Bertz CT molecular complexity index is 1040. The van der Waals surface area contributed by atoms with E-state index < -0.39 is 0 Å². The lowest BCUT2D eigenvalue weighted by Crippen LogP contribution is -2.23. The Hall–Kier alpha value is -3.27. The molecule has 0 saturated heterocycles. The van der Waals surface area contributed by atoms with Crippen molar-refractivity contribution < 1.29 is 4.74 Å². The first kappa shape index (κ1) is 17.2. The van der Waals surface area contributed by atoms with Gasteiger partial charge >= 0.3 is 0 Å². The first-order chi connectivity index (χ1) is 13.2. The average Bonchev–Trinajstić information content (AvgIpc) is 3.09. The Morgan fingerprint density at radius 3 is 2.59 bits per heavy atom. The number of aryl methyl sites for hydroxylation is 1. The van der Waals surface area contributed by atoms with E-state index >= 15 is 0 Å². The normalized spacial score (nSPS) is 10.9. The molecule has 0 aliphatic heterocycles. The minimum Gasteiger partial charge on any atom is -0.491 e. The highest BCUT2D eigenvalue weighted by atomic mass is 16.5. The van der Waals surface area contributed by atoms with Crippen molar-refractivity contribution in [1.82, 2.24) is 9.78 Å². The standard InChI is InChI=1S/C23H23N3O/c1-25(20-8-4-3-5-9-20)14-15-27-23-11-7-6-10-21(23)18-12-13-22-19(16-18)17-24-26(22)2/h3-13,16-17H,14-15H2,1-2H3. The molecule has 0 aliphatic rings. The molecular formula is C23H23N3O. The number of aromatic nitrogens is 2. The van der Waals surface area contributed by atoms with Crippen molar-refractivity contribution in [3.05, 3.63) is 79.0 Å². The van der Waals surface area contributed by atoms with Gasteiger partial charge in [0.05, 0.1) is 18.3 Å². The Balaban J connectivity index is 1.50. The number of hydrogen-bond acceptors (Lipinski definition) is 3. The summed E-state index contributed by atoms with van der Waals surface area (Å²) in [6.45, 7) is 1.44. The van der Waals surface area contributed by atoms with Crippen LogP contribution in [0.5, 0.6) is 5.75 Å². The Labute approximate surface area is 159 Å². The second kappa shape index (κ2) is 7.54. The van der Waals surface area contributed by atoms with Crippen LogP contribution in [0.1, 0.15) is 0 Å². The molecule has 0 saturated carbocycles. The van der Waals surface area contributed by atoms with Crippen molar-refractivity contribution in [2.24, 2.45) is 7.05 Å². The van der Waals surface area contributed by atoms with E-state index in [1.165, 1.54) is 5.69 Å². The third-order valence-electron chi connectivity index (χ3n) is 4.83. The van der Waals surface area contributed by atoms with Crippen LogP contribution in [0.25, 0.3) is 22.0 Å². The van der Waals surface area contributed by atoms with Crippen LogP contribution in [0.2, 0.25) is 0 Å². The first-order valence-electron chi connectivity index (χ1n) is 9.12. The summed E-state index contributed by atoms with van der Waals surface area (Å²) in [5.41, 5.74) is 4.56. The lowest BCUT2D eigenvalue weighted by atomic mass is 10.0. The van der Waals surface area contributed by atoms with Gasteiger partial charge in [-0.1, -0.05) is 42.5 Å². The summed E-state index contributed by atoms with van der Waals surface area (Å²) < 4.78 is 8.03. The van der Waals surface area contributed by atoms with Crippen LogP contribution in [0.4, 0.5) is 5.69 Å². The van der Waals surface area contributed by atoms with Crippen molar-refractivity contribution in [2.45, 2.75) is 0 Å².